The van der Waals surface area contributed by atoms with Crippen LogP contribution in [0.15, 0.2) is 18.2 Å². The molecule has 2 unspecified atom stereocenters. The van der Waals surface area contributed by atoms with Crippen LogP contribution in [0.5, 0.6) is 5.75 Å². The normalized spacial score (nSPS) is 13.9. The average molecular weight is 264 g/mol. The number of nitriles is 1. The summed E-state index contributed by atoms with van der Waals surface area (Å²) in [6, 6.07) is 6.98. The lowest BCUT2D eigenvalue weighted by Gasteiger charge is -2.25. The fourth-order valence-electron chi connectivity index (χ4n) is 2.15. The summed E-state index contributed by atoms with van der Waals surface area (Å²) in [5.74, 6) is -0.154. The second-order valence-corrected chi connectivity index (χ2v) is 4.79. The zero-order valence-corrected chi connectivity index (χ0v) is 11.9. The third kappa shape index (κ3) is 3.68. The van der Waals surface area contributed by atoms with E-state index in [4.69, 9.17) is 4.74 Å². The maximum atomic E-state index is 13.9. The molecule has 0 spiro atoms. The number of benzene rings is 1. The average Bonchev–Trinajstić information content (AvgIpc) is 2.38. The highest BCUT2D eigenvalue weighted by molar-refractivity contribution is 5.32. The largest absolute Gasteiger partial charge is 0.491 e. The summed E-state index contributed by atoms with van der Waals surface area (Å²) in [4.78, 5) is 0. The zero-order chi connectivity index (χ0) is 14.4. The van der Waals surface area contributed by atoms with E-state index in [1.54, 1.807) is 13.1 Å². The Morgan fingerprint density at radius 1 is 1.42 bits per heavy atom. The number of halogens is 1. The Hall–Kier alpha value is -1.60. The first-order valence-electron chi connectivity index (χ1n) is 6.54. The van der Waals surface area contributed by atoms with Crippen molar-refractivity contribution in [2.24, 2.45) is 11.8 Å². The first-order valence-corrected chi connectivity index (χ1v) is 6.54. The van der Waals surface area contributed by atoms with Crippen LogP contribution in [0, 0.1) is 29.0 Å². The van der Waals surface area contributed by atoms with Crippen LogP contribution in [0.1, 0.15) is 32.4 Å². The van der Waals surface area contributed by atoms with Crippen LogP contribution in [0.25, 0.3) is 0 Å². The third-order valence-electron chi connectivity index (χ3n) is 3.15. The monoisotopic (exact) mass is 264 g/mol. The minimum atomic E-state index is -0.389. The van der Waals surface area contributed by atoms with Crippen molar-refractivity contribution in [3.05, 3.63) is 29.6 Å². The Morgan fingerprint density at radius 2 is 2.11 bits per heavy atom. The predicted octanol–water partition coefficient (Wildman–Crippen LogP) is 3.28. The molecule has 0 aliphatic heterocycles. The van der Waals surface area contributed by atoms with Gasteiger partial charge in [0.2, 0.25) is 0 Å². The van der Waals surface area contributed by atoms with Gasteiger partial charge in [0.05, 0.1) is 18.6 Å². The molecule has 19 heavy (non-hydrogen) atoms. The van der Waals surface area contributed by atoms with Crippen molar-refractivity contribution < 1.29 is 9.13 Å². The molecule has 3 nitrogen and oxygen atoms in total. The molecule has 0 fully saturated rings. The highest BCUT2D eigenvalue weighted by Crippen LogP contribution is 2.30. The standard InChI is InChI=1S/C15H21FN2O/c1-5-19-14-7-6-11(8-13(14)16)15(18-4)12(9-17)10(2)3/h6-8,10,12,15,18H,5H2,1-4H3. The minimum Gasteiger partial charge on any atom is -0.491 e. The highest BCUT2D eigenvalue weighted by Gasteiger charge is 2.25. The molecule has 1 N–H and O–H groups in total. The number of hydrogen-bond acceptors (Lipinski definition) is 3. The first kappa shape index (κ1) is 15.5. The van der Waals surface area contributed by atoms with Crippen LogP contribution in [-0.4, -0.2) is 13.7 Å². The smallest absolute Gasteiger partial charge is 0.165 e. The summed E-state index contributed by atoms with van der Waals surface area (Å²) >= 11 is 0. The first-order chi connectivity index (χ1) is 9.04. The van der Waals surface area contributed by atoms with Crippen molar-refractivity contribution in [2.45, 2.75) is 26.8 Å². The lowest BCUT2D eigenvalue weighted by atomic mass is 9.85. The molecule has 1 aromatic carbocycles. The van der Waals surface area contributed by atoms with Gasteiger partial charge in [-0.05, 0) is 37.6 Å². The van der Waals surface area contributed by atoms with E-state index in [-0.39, 0.29) is 29.4 Å². The van der Waals surface area contributed by atoms with Gasteiger partial charge >= 0.3 is 0 Å². The van der Waals surface area contributed by atoms with Crippen molar-refractivity contribution >= 4 is 0 Å². The molecule has 0 heterocycles. The Bertz CT molecular complexity index is 454. The summed E-state index contributed by atoms with van der Waals surface area (Å²) in [6.45, 7) is 6.22. The molecule has 0 aliphatic rings. The summed E-state index contributed by atoms with van der Waals surface area (Å²) in [7, 11) is 1.78. The fourth-order valence-corrected chi connectivity index (χ4v) is 2.15. The van der Waals surface area contributed by atoms with Crippen LogP contribution in [-0.2, 0) is 0 Å². The van der Waals surface area contributed by atoms with Crippen molar-refractivity contribution in [1.82, 2.24) is 5.32 Å². The highest BCUT2D eigenvalue weighted by atomic mass is 19.1. The van der Waals surface area contributed by atoms with E-state index in [1.165, 1.54) is 6.07 Å². The maximum Gasteiger partial charge on any atom is 0.165 e. The van der Waals surface area contributed by atoms with Gasteiger partial charge in [0.25, 0.3) is 0 Å². The number of nitrogens with one attached hydrogen (secondary N) is 1. The van der Waals surface area contributed by atoms with Gasteiger partial charge in [-0.25, -0.2) is 4.39 Å². The Morgan fingerprint density at radius 3 is 2.53 bits per heavy atom. The molecule has 1 rings (SSSR count). The second-order valence-electron chi connectivity index (χ2n) is 4.79. The van der Waals surface area contributed by atoms with E-state index in [1.807, 2.05) is 26.8 Å². The molecule has 0 aliphatic carbocycles. The molecule has 0 saturated heterocycles. The summed E-state index contributed by atoms with van der Waals surface area (Å²) < 4.78 is 19.0. The topological polar surface area (TPSA) is 45.0 Å². The van der Waals surface area contributed by atoms with Crippen LogP contribution < -0.4 is 10.1 Å². The predicted molar refractivity (Wildman–Crippen MR) is 73.3 cm³/mol. The van der Waals surface area contributed by atoms with E-state index in [0.29, 0.717) is 6.61 Å². The third-order valence-corrected chi connectivity index (χ3v) is 3.15. The second kappa shape index (κ2) is 7.10. The molecular formula is C15H21FN2O. The maximum absolute atomic E-state index is 13.9. The van der Waals surface area contributed by atoms with E-state index in [9.17, 15) is 9.65 Å². The quantitative estimate of drug-likeness (QED) is 0.857. The molecule has 4 heteroatoms. The molecule has 0 radical (unpaired) electrons. The van der Waals surface area contributed by atoms with Crippen molar-refractivity contribution in [3.8, 4) is 11.8 Å². The number of nitrogens with zero attached hydrogens (tertiary/aromatic N) is 1. The van der Waals surface area contributed by atoms with Gasteiger partial charge < -0.3 is 10.1 Å². The number of rotatable bonds is 6. The van der Waals surface area contributed by atoms with E-state index in [0.717, 1.165) is 5.56 Å². The van der Waals surface area contributed by atoms with Crippen LogP contribution >= 0.6 is 0 Å². The van der Waals surface area contributed by atoms with Gasteiger partial charge in [-0.15, -0.1) is 0 Å². The van der Waals surface area contributed by atoms with Gasteiger partial charge in [-0.2, -0.15) is 5.26 Å². The summed E-state index contributed by atoms with van der Waals surface area (Å²) in [6.07, 6.45) is 0. The van der Waals surface area contributed by atoms with Gasteiger partial charge in [0.15, 0.2) is 11.6 Å². The van der Waals surface area contributed by atoms with E-state index < -0.39 is 0 Å². The van der Waals surface area contributed by atoms with Crippen molar-refractivity contribution in [1.29, 1.82) is 5.26 Å². The molecule has 0 saturated carbocycles. The molecule has 0 aromatic heterocycles. The molecule has 2 atom stereocenters. The SMILES string of the molecule is CCOc1ccc(C(NC)C(C#N)C(C)C)cc1F. The van der Waals surface area contributed by atoms with E-state index in [2.05, 4.69) is 11.4 Å². The number of hydrogen-bond donors (Lipinski definition) is 1. The summed E-state index contributed by atoms with van der Waals surface area (Å²) in [5.41, 5.74) is 0.767. The molecule has 0 amide bonds. The van der Waals surface area contributed by atoms with Gasteiger partial charge in [0.1, 0.15) is 0 Å². The fraction of sp³-hybridized carbons (Fsp3) is 0.533. The minimum absolute atomic E-state index is 0.185. The van der Waals surface area contributed by atoms with Gasteiger partial charge in [-0.3, -0.25) is 0 Å². The molecule has 0 bridgehead atoms. The Balaban J connectivity index is 3.06. The summed E-state index contributed by atoms with van der Waals surface area (Å²) in [5, 5.41) is 12.4. The van der Waals surface area contributed by atoms with Crippen molar-refractivity contribution in [3.63, 3.8) is 0 Å². The molecule has 1 aromatic rings. The molecule has 104 valence electrons. The van der Waals surface area contributed by atoms with Gasteiger partial charge in [0, 0.05) is 6.04 Å². The zero-order valence-electron chi connectivity index (χ0n) is 11.9. The Labute approximate surface area is 114 Å². The van der Waals surface area contributed by atoms with Crippen LogP contribution in [0.4, 0.5) is 4.39 Å². The Kier molecular flexibility index (Phi) is 5.78. The van der Waals surface area contributed by atoms with Crippen LogP contribution in [0.3, 0.4) is 0 Å². The van der Waals surface area contributed by atoms with Crippen molar-refractivity contribution in [2.75, 3.05) is 13.7 Å². The lowest BCUT2D eigenvalue weighted by molar-refractivity contribution is 0.319. The molecular weight excluding hydrogens is 243 g/mol. The van der Waals surface area contributed by atoms with Gasteiger partial charge in [-0.1, -0.05) is 19.9 Å². The van der Waals surface area contributed by atoms with E-state index >= 15 is 0 Å². The number of ether oxygens (including phenoxy) is 1. The van der Waals surface area contributed by atoms with Crippen LogP contribution in [0.2, 0.25) is 0 Å². The lowest BCUT2D eigenvalue weighted by Crippen LogP contribution is -2.27.